The summed E-state index contributed by atoms with van der Waals surface area (Å²) in [5, 5.41) is 4.08. The van der Waals surface area contributed by atoms with Gasteiger partial charge in [-0.3, -0.25) is 9.48 Å². The maximum absolute atomic E-state index is 12.2. The Morgan fingerprint density at radius 1 is 1.44 bits per heavy atom. The third-order valence-corrected chi connectivity index (χ3v) is 3.18. The summed E-state index contributed by atoms with van der Waals surface area (Å²) < 4.78 is 7.57. The van der Waals surface area contributed by atoms with Crippen LogP contribution >= 0.6 is 22.6 Å². The molecule has 7 heteroatoms. The first kappa shape index (κ1) is 13.3. The molecule has 1 aromatic rings. The average Bonchev–Trinajstić information content (AvgIpc) is 2.58. The highest BCUT2D eigenvalue weighted by Gasteiger charge is 2.34. The van der Waals surface area contributed by atoms with E-state index in [0.717, 1.165) is 8.47 Å². The summed E-state index contributed by atoms with van der Waals surface area (Å²) in [6, 6.07) is 0. The van der Waals surface area contributed by atoms with E-state index in [0.29, 0.717) is 18.8 Å². The van der Waals surface area contributed by atoms with E-state index in [4.69, 9.17) is 4.74 Å². The number of carbonyl (C=O) groups is 2. The number of fused-ring (bicyclic) bond motifs is 1. The number of nitrogens with zero attached hydrogens (tertiary/aromatic N) is 3. The van der Waals surface area contributed by atoms with Crippen molar-refractivity contribution < 1.29 is 14.3 Å². The highest BCUT2D eigenvalue weighted by atomic mass is 127. The lowest BCUT2D eigenvalue weighted by atomic mass is 10.2. The molecule has 0 aromatic carbocycles. The van der Waals surface area contributed by atoms with Gasteiger partial charge in [0.05, 0.1) is 22.9 Å². The molecular formula is C11H14IN3O3. The van der Waals surface area contributed by atoms with E-state index in [9.17, 15) is 9.59 Å². The predicted molar refractivity (Wildman–Crippen MR) is 72.2 cm³/mol. The predicted octanol–water partition coefficient (Wildman–Crippen LogP) is 1.88. The van der Waals surface area contributed by atoms with Crippen LogP contribution in [0, 0.1) is 3.57 Å². The standard InChI is InChI=1S/C11H14IN3O3/c1-11(2,3)18-10(17)14-4-5-15-8(9(14)16)7(12)6-13-15/h6H,4-5H2,1-3H3. The molecule has 0 unspecified atom stereocenters. The van der Waals surface area contributed by atoms with Gasteiger partial charge in [-0.25, -0.2) is 9.69 Å². The number of hydrogen-bond donors (Lipinski definition) is 0. The van der Waals surface area contributed by atoms with Gasteiger partial charge in [0, 0.05) is 0 Å². The van der Waals surface area contributed by atoms with Gasteiger partial charge in [0.2, 0.25) is 0 Å². The van der Waals surface area contributed by atoms with Gasteiger partial charge < -0.3 is 4.74 Å². The Balaban J connectivity index is 2.21. The number of ether oxygens (including phenoxy) is 1. The summed E-state index contributed by atoms with van der Waals surface area (Å²) in [4.78, 5) is 25.2. The Morgan fingerprint density at radius 3 is 2.72 bits per heavy atom. The molecule has 18 heavy (non-hydrogen) atoms. The molecule has 0 aliphatic carbocycles. The number of carbonyl (C=O) groups excluding carboxylic acids is 2. The quantitative estimate of drug-likeness (QED) is 0.661. The smallest absolute Gasteiger partial charge is 0.417 e. The van der Waals surface area contributed by atoms with E-state index in [1.165, 1.54) is 0 Å². The van der Waals surface area contributed by atoms with E-state index in [2.05, 4.69) is 5.10 Å². The molecule has 0 saturated carbocycles. The Labute approximate surface area is 118 Å². The van der Waals surface area contributed by atoms with Crippen molar-refractivity contribution in [2.45, 2.75) is 32.9 Å². The normalized spacial score (nSPS) is 15.6. The zero-order valence-electron chi connectivity index (χ0n) is 10.4. The fourth-order valence-electron chi connectivity index (χ4n) is 1.66. The van der Waals surface area contributed by atoms with Gasteiger partial charge in [-0.2, -0.15) is 5.10 Å². The Morgan fingerprint density at radius 2 is 2.11 bits per heavy atom. The molecule has 0 fully saturated rings. The van der Waals surface area contributed by atoms with Crippen molar-refractivity contribution in [3.05, 3.63) is 15.5 Å². The zero-order valence-corrected chi connectivity index (χ0v) is 12.6. The molecule has 1 aliphatic rings. The lowest BCUT2D eigenvalue weighted by Gasteiger charge is -2.28. The van der Waals surface area contributed by atoms with Crippen molar-refractivity contribution in [2.75, 3.05) is 6.54 Å². The average molecular weight is 363 g/mol. The van der Waals surface area contributed by atoms with Crippen LogP contribution in [0.15, 0.2) is 6.20 Å². The van der Waals surface area contributed by atoms with E-state index < -0.39 is 11.7 Å². The maximum Gasteiger partial charge on any atom is 0.417 e. The van der Waals surface area contributed by atoms with Crippen LogP contribution in [0.2, 0.25) is 0 Å². The van der Waals surface area contributed by atoms with Gasteiger partial charge in [0.25, 0.3) is 5.91 Å². The third kappa shape index (κ3) is 2.50. The van der Waals surface area contributed by atoms with Crippen molar-refractivity contribution in [1.29, 1.82) is 0 Å². The maximum atomic E-state index is 12.2. The first-order valence-electron chi connectivity index (χ1n) is 5.56. The van der Waals surface area contributed by atoms with Crippen molar-refractivity contribution in [2.24, 2.45) is 0 Å². The minimum Gasteiger partial charge on any atom is -0.443 e. The largest absolute Gasteiger partial charge is 0.443 e. The molecule has 0 spiro atoms. The van der Waals surface area contributed by atoms with Crippen LogP contribution in [-0.4, -0.2) is 38.8 Å². The van der Waals surface area contributed by atoms with E-state index in [-0.39, 0.29) is 5.91 Å². The van der Waals surface area contributed by atoms with Crippen molar-refractivity contribution >= 4 is 34.6 Å². The van der Waals surface area contributed by atoms with Crippen LogP contribution in [0.5, 0.6) is 0 Å². The molecule has 0 saturated heterocycles. The van der Waals surface area contributed by atoms with Crippen LogP contribution in [0.25, 0.3) is 0 Å². The molecule has 2 amide bonds. The molecule has 98 valence electrons. The zero-order chi connectivity index (χ0) is 13.5. The second kappa shape index (κ2) is 4.52. The topological polar surface area (TPSA) is 64.4 Å². The number of rotatable bonds is 0. The van der Waals surface area contributed by atoms with E-state index in [1.54, 1.807) is 31.6 Å². The highest BCUT2D eigenvalue weighted by Crippen LogP contribution is 2.20. The molecule has 0 bridgehead atoms. The second-order valence-corrected chi connectivity index (χ2v) is 6.16. The highest BCUT2D eigenvalue weighted by molar-refractivity contribution is 14.1. The summed E-state index contributed by atoms with van der Waals surface area (Å²) in [5.74, 6) is -0.350. The number of halogens is 1. The lowest BCUT2D eigenvalue weighted by Crippen LogP contribution is -2.46. The summed E-state index contributed by atoms with van der Waals surface area (Å²) in [6.07, 6.45) is 1.02. The molecule has 6 nitrogen and oxygen atoms in total. The van der Waals surface area contributed by atoms with Crippen LogP contribution in [0.4, 0.5) is 4.79 Å². The van der Waals surface area contributed by atoms with E-state index >= 15 is 0 Å². The number of hydrogen-bond acceptors (Lipinski definition) is 4. The van der Waals surface area contributed by atoms with Crippen molar-refractivity contribution in [1.82, 2.24) is 14.7 Å². The number of imide groups is 1. The molecular weight excluding hydrogens is 349 g/mol. The summed E-state index contributed by atoms with van der Waals surface area (Å²) in [7, 11) is 0. The summed E-state index contributed by atoms with van der Waals surface area (Å²) >= 11 is 2.03. The SMILES string of the molecule is CC(C)(C)OC(=O)N1CCn2ncc(I)c2C1=O. The van der Waals surface area contributed by atoms with Gasteiger partial charge in [-0.05, 0) is 43.4 Å². The van der Waals surface area contributed by atoms with E-state index in [1.807, 2.05) is 22.6 Å². The second-order valence-electron chi connectivity index (χ2n) is 5.00. The number of amides is 2. The van der Waals surface area contributed by atoms with Crippen molar-refractivity contribution in [3.63, 3.8) is 0 Å². The van der Waals surface area contributed by atoms with Gasteiger partial charge in [0.1, 0.15) is 11.3 Å². The van der Waals surface area contributed by atoms with Crippen LogP contribution in [0.1, 0.15) is 31.3 Å². The molecule has 0 N–H and O–H groups in total. The van der Waals surface area contributed by atoms with Crippen LogP contribution < -0.4 is 0 Å². The Bertz CT molecular complexity index is 504. The molecule has 1 aliphatic heterocycles. The first-order valence-corrected chi connectivity index (χ1v) is 6.63. The van der Waals surface area contributed by atoms with Gasteiger partial charge in [-0.1, -0.05) is 0 Å². The van der Waals surface area contributed by atoms with Gasteiger partial charge in [-0.15, -0.1) is 0 Å². The monoisotopic (exact) mass is 363 g/mol. The minimum atomic E-state index is -0.609. The molecule has 0 radical (unpaired) electrons. The molecule has 1 aromatic heterocycles. The van der Waals surface area contributed by atoms with Crippen LogP contribution in [0.3, 0.4) is 0 Å². The summed E-state index contributed by atoms with van der Waals surface area (Å²) in [6.45, 7) is 6.11. The van der Waals surface area contributed by atoms with Crippen LogP contribution in [-0.2, 0) is 11.3 Å². The minimum absolute atomic E-state index is 0.290. The molecule has 2 rings (SSSR count). The Hall–Kier alpha value is -1.12. The molecule has 0 atom stereocenters. The third-order valence-electron chi connectivity index (χ3n) is 2.39. The van der Waals surface area contributed by atoms with Crippen molar-refractivity contribution in [3.8, 4) is 0 Å². The van der Waals surface area contributed by atoms with Gasteiger partial charge >= 0.3 is 6.09 Å². The summed E-state index contributed by atoms with van der Waals surface area (Å²) in [5.41, 5.74) is -0.157. The fourth-order valence-corrected chi connectivity index (χ4v) is 2.29. The lowest BCUT2D eigenvalue weighted by molar-refractivity contribution is 0.0209. The molecule has 2 heterocycles. The van der Waals surface area contributed by atoms with Gasteiger partial charge in [0.15, 0.2) is 0 Å². The number of aromatic nitrogens is 2. The Kier molecular flexibility index (Phi) is 3.35. The first-order chi connectivity index (χ1) is 8.29. The fraction of sp³-hybridized carbons (Fsp3) is 0.545.